The summed E-state index contributed by atoms with van der Waals surface area (Å²) in [6.07, 6.45) is 1.28. The Labute approximate surface area is 168 Å². The minimum Gasteiger partial charge on any atom is -0.459 e. The highest BCUT2D eigenvalue weighted by Crippen LogP contribution is 2.19. The zero-order valence-electron chi connectivity index (χ0n) is 15.5. The van der Waals surface area contributed by atoms with Crippen molar-refractivity contribution in [2.45, 2.75) is 10.6 Å². The molecule has 1 heterocycles. The van der Waals surface area contributed by atoms with Gasteiger partial charge in [0, 0.05) is 24.2 Å². The van der Waals surface area contributed by atoms with Crippen LogP contribution in [0.1, 0.15) is 26.5 Å². The highest BCUT2D eigenvalue weighted by molar-refractivity contribution is 7.90. The molecule has 0 bridgehead atoms. The number of nitrogens with one attached hydrogen (secondary N) is 2. The summed E-state index contributed by atoms with van der Waals surface area (Å²) >= 11 is 0. The van der Waals surface area contributed by atoms with Gasteiger partial charge in [0.25, 0.3) is 11.8 Å². The third kappa shape index (κ3) is 5.32. The van der Waals surface area contributed by atoms with Crippen molar-refractivity contribution in [3.63, 3.8) is 0 Å². The number of hydrogen-bond donors (Lipinski definition) is 2. The average Bonchev–Trinajstić information content (AvgIpc) is 3.19. The summed E-state index contributed by atoms with van der Waals surface area (Å²) in [5.74, 6) is -1.19. The summed E-state index contributed by atoms with van der Waals surface area (Å²) in [7, 11) is -3.60. The molecule has 150 valence electrons. The van der Waals surface area contributed by atoms with Gasteiger partial charge in [0.2, 0.25) is 0 Å². The van der Waals surface area contributed by atoms with Crippen molar-refractivity contribution in [2.24, 2.45) is 0 Å². The predicted octanol–water partition coefficient (Wildman–Crippen LogP) is 2.41. The normalized spacial score (nSPS) is 11.0. The number of carbonyl (C=O) groups excluding carboxylic acids is 2. The topological polar surface area (TPSA) is 105 Å². The van der Waals surface area contributed by atoms with Crippen molar-refractivity contribution >= 4 is 21.7 Å². The highest BCUT2D eigenvalue weighted by atomic mass is 32.2. The molecule has 2 N–H and O–H groups in total. The van der Waals surface area contributed by atoms with Gasteiger partial charge in [-0.15, -0.1) is 0 Å². The number of benzene rings is 2. The van der Waals surface area contributed by atoms with E-state index < -0.39 is 15.7 Å². The molecule has 0 aliphatic carbocycles. The maximum atomic E-state index is 12.5. The summed E-state index contributed by atoms with van der Waals surface area (Å²) in [5.41, 5.74) is 0.804. The first-order valence-electron chi connectivity index (χ1n) is 8.93. The molecule has 0 unspecified atom stereocenters. The highest BCUT2D eigenvalue weighted by Gasteiger charge is 2.22. The number of furan rings is 1. The molecule has 0 fully saturated rings. The second-order valence-electron chi connectivity index (χ2n) is 6.22. The van der Waals surface area contributed by atoms with Crippen molar-refractivity contribution in [3.8, 4) is 0 Å². The number of rotatable bonds is 8. The zero-order valence-corrected chi connectivity index (χ0v) is 16.3. The SMILES string of the molecule is O=C(NCCNC(=O)c1occc1CS(=O)(=O)c1ccccc1)c1ccccc1. The van der Waals surface area contributed by atoms with E-state index in [1.54, 1.807) is 42.5 Å². The Hall–Kier alpha value is -3.39. The predicted molar refractivity (Wildman–Crippen MR) is 107 cm³/mol. The van der Waals surface area contributed by atoms with E-state index in [4.69, 9.17) is 4.42 Å². The quantitative estimate of drug-likeness (QED) is 0.553. The van der Waals surface area contributed by atoms with Gasteiger partial charge < -0.3 is 15.1 Å². The molecule has 0 radical (unpaired) electrons. The molecular weight excluding hydrogens is 392 g/mol. The molecule has 7 nitrogen and oxygen atoms in total. The van der Waals surface area contributed by atoms with E-state index >= 15 is 0 Å². The molecule has 0 atom stereocenters. The van der Waals surface area contributed by atoms with Crippen LogP contribution in [0.4, 0.5) is 0 Å². The number of sulfone groups is 1. The molecule has 3 aromatic rings. The van der Waals surface area contributed by atoms with Crippen LogP contribution >= 0.6 is 0 Å². The van der Waals surface area contributed by atoms with Gasteiger partial charge in [0.15, 0.2) is 15.6 Å². The lowest BCUT2D eigenvalue weighted by atomic mass is 10.2. The first-order valence-corrected chi connectivity index (χ1v) is 10.6. The number of hydrogen-bond acceptors (Lipinski definition) is 5. The first-order chi connectivity index (χ1) is 14.0. The van der Waals surface area contributed by atoms with Crippen molar-refractivity contribution in [2.75, 3.05) is 13.1 Å². The van der Waals surface area contributed by atoms with E-state index in [1.807, 2.05) is 6.07 Å². The van der Waals surface area contributed by atoms with Crippen molar-refractivity contribution in [1.29, 1.82) is 0 Å². The fourth-order valence-electron chi connectivity index (χ4n) is 2.69. The van der Waals surface area contributed by atoms with Gasteiger partial charge in [0.05, 0.1) is 16.9 Å². The second kappa shape index (κ2) is 9.20. The standard InChI is InChI=1S/C21H20N2O5S/c24-20(16-7-3-1-4-8-16)22-12-13-23-21(25)19-17(11-14-28-19)15-29(26,27)18-9-5-2-6-10-18/h1-11,14H,12-13,15H2,(H,22,24)(H,23,25). The summed E-state index contributed by atoms with van der Waals surface area (Å²) in [6, 6.07) is 18.2. The molecule has 3 rings (SSSR count). The molecule has 1 aromatic heterocycles. The van der Waals surface area contributed by atoms with E-state index in [9.17, 15) is 18.0 Å². The van der Waals surface area contributed by atoms with Gasteiger partial charge in [-0.05, 0) is 30.3 Å². The van der Waals surface area contributed by atoms with Crippen LogP contribution in [0.5, 0.6) is 0 Å². The van der Waals surface area contributed by atoms with Crippen molar-refractivity contribution in [3.05, 3.63) is 89.9 Å². The fourth-order valence-corrected chi connectivity index (χ4v) is 4.06. The molecule has 0 spiro atoms. The maximum absolute atomic E-state index is 12.5. The van der Waals surface area contributed by atoms with Crippen LogP contribution in [-0.2, 0) is 15.6 Å². The van der Waals surface area contributed by atoms with Crippen molar-refractivity contribution < 1.29 is 22.4 Å². The third-order valence-corrected chi connectivity index (χ3v) is 5.81. The minimum atomic E-state index is -3.60. The van der Waals surface area contributed by atoms with E-state index in [1.165, 1.54) is 24.5 Å². The van der Waals surface area contributed by atoms with E-state index in [2.05, 4.69) is 10.6 Å². The van der Waals surface area contributed by atoms with Gasteiger partial charge in [-0.3, -0.25) is 9.59 Å². The summed E-state index contributed by atoms with van der Waals surface area (Å²) < 4.78 is 30.2. The largest absolute Gasteiger partial charge is 0.459 e. The average molecular weight is 412 g/mol. The molecule has 0 aliphatic rings. The molecule has 2 aromatic carbocycles. The molecule has 0 aliphatic heterocycles. The van der Waals surface area contributed by atoms with Crippen LogP contribution in [0.15, 0.2) is 82.3 Å². The molecule has 2 amide bonds. The van der Waals surface area contributed by atoms with Crippen LogP contribution < -0.4 is 10.6 Å². The first kappa shape index (κ1) is 20.3. The summed E-state index contributed by atoms with van der Waals surface area (Å²) in [4.78, 5) is 24.5. The van der Waals surface area contributed by atoms with E-state index in [0.717, 1.165) is 0 Å². The molecule has 8 heteroatoms. The Morgan fingerprint density at radius 1 is 0.793 bits per heavy atom. The van der Waals surface area contributed by atoms with Crippen molar-refractivity contribution in [1.82, 2.24) is 10.6 Å². The Bertz CT molecular complexity index is 1080. The molecule has 29 heavy (non-hydrogen) atoms. The lowest BCUT2D eigenvalue weighted by Gasteiger charge is -2.08. The van der Waals surface area contributed by atoms with Gasteiger partial charge in [-0.2, -0.15) is 0 Å². The number of carbonyl (C=O) groups is 2. The fraction of sp³-hybridized carbons (Fsp3) is 0.143. The van der Waals surface area contributed by atoms with Crippen LogP contribution in [0.25, 0.3) is 0 Å². The Balaban J connectivity index is 1.55. The monoisotopic (exact) mass is 412 g/mol. The van der Waals surface area contributed by atoms with Gasteiger partial charge in [-0.1, -0.05) is 36.4 Å². The maximum Gasteiger partial charge on any atom is 0.287 e. The molecule has 0 saturated carbocycles. The molecule has 0 saturated heterocycles. The van der Waals surface area contributed by atoms with Crippen LogP contribution in [-0.4, -0.2) is 33.3 Å². The third-order valence-electron chi connectivity index (χ3n) is 4.13. The minimum absolute atomic E-state index is 0.0566. The Kier molecular flexibility index (Phi) is 6.46. The molecular formula is C21H20N2O5S. The Morgan fingerprint density at radius 2 is 1.38 bits per heavy atom. The summed E-state index contributed by atoms with van der Waals surface area (Å²) in [5, 5.41) is 5.31. The van der Waals surface area contributed by atoms with Gasteiger partial charge in [-0.25, -0.2) is 8.42 Å². The lowest BCUT2D eigenvalue weighted by molar-refractivity contribution is 0.0910. The second-order valence-corrected chi connectivity index (χ2v) is 8.21. The lowest BCUT2D eigenvalue weighted by Crippen LogP contribution is -2.34. The van der Waals surface area contributed by atoms with Crippen LogP contribution in [0, 0.1) is 0 Å². The van der Waals surface area contributed by atoms with E-state index in [-0.39, 0.29) is 41.0 Å². The van der Waals surface area contributed by atoms with Crippen LogP contribution in [0.3, 0.4) is 0 Å². The van der Waals surface area contributed by atoms with Gasteiger partial charge in [0.1, 0.15) is 0 Å². The van der Waals surface area contributed by atoms with Crippen LogP contribution in [0.2, 0.25) is 0 Å². The van der Waals surface area contributed by atoms with Gasteiger partial charge >= 0.3 is 0 Å². The number of amides is 2. The van der Waals surface area contributed by atoms with E-state index in [0.29, 0.717) is 5.56 Å². The zero-order chi connectivity index (χ0) is 20.7. The Morgan fingerprint density at radius 3 is 2.03 bits per heavy atom. The smallest absolute Gasteiger partial charge is 0.287 e. The summed E-state index contributed by atoms with van der Waals surface area (Å²) in [6.45, 7) is 0.390.